The van der Waals surface area contributed by atoms with Gasteiger partial charge in [0.1, 0.15) is 5.82 Å². The zero-order valence-electron chi connectivity index (χ0n) is 12.4. The first-order valence-corrected chi connectivity index (χ1v) is 9.30. The number of aromatic nitrogens is 3. The van der Waals surface area contributed by atoms with Gasteiger partial charge in [0.25, 0.3) is 0 Å². The van der Waals surface area contributed by atoms with Gasteiger partial charge in [-0.2, -0.15) is 16.9 Å². The van der Waals surface area contributed by atoms with Crippen molar-refractivity contribution in [3.8, 4) is 0 Å². The van der Waals surface area contributed by atoms with E-state index in [-0.39, 0.29) is 0 Å². The first-order valence-electron chi connectivity index (χ1n) is 7.90. The molecule has 1 atom stereocenters. The van der Waals surface area contributed by atoms with Crippen LogP contribution in [-0.4, -0.2) is 40.0 Å². The molecule has 5 heteroatoms. The van der Waals surface area contributed by atoms with Crippen LogP contribution >= 0.6 is 11.8 Å². The molecule has 1 aliphatic carbocycles. The molecule has 0 aromatic carbocycles. The summed E-state index contributed by atoms with van der Waals surface area (Å²) in [5.74, 6) is 3.81. The van der Waals surface area contributed by atoms with Gasteiger partial charge < -0.3 is 4.74 Å². The standard InChI is InChI=1S/C15H25N3OS/c1-20-10-8-14-16-15(12-7-9-19-11-12)18(17-14)13-5-3-2-4-6-13/h12-13H,2-11H2,1H3/t12-/m1/s1. The number of rotatable bonds is 5. The zero-order chi connectivity index (χ0) is 13.8. The number of thioether (sulfide) groups is 1. The largest absolute Gasteiger partial charge is 0.381 e. The normalized spacial score (nSPS) is 24.4. The Morgan fingerprint density at radius 3 is 2.80 bits per heavy atom. The molecule has 0 radical (unpaired) electrons. The van der Waals surface area contributed by atoms with E-state index in [4.69, 9.17) is 14.8 Å². The van der Waals surface area contributed by atoms with Gasteiger partial charge >= 0.3 is 0 Å². The maximum atomic E-state index is 5.56. The third-order valence-electron chi connectivity index (χ3n) is 4.45. The van der Waals surface area contributed by atoms with Crippen LogP contribution in [0.5, 0.6) is 0 Å². The van der Waals surface area contributed by atoms with Crippen molar-refractivity contribution in [3.63, 3.8) is 0 Å². The topological polar surface area (TPSA) is 39.9 Å². The van der Waals surface area contributed by atoms with Crippen molar-refractivity contribution in [1.29, 1.82) is 0 Å². The predicted molar refractivity (Wildman–Crippen MR) is 82.4 cm³/mol. The van der Waals surface area contributed by atoms with Crippen molar-refractivity contribution in [3.05, 3.63) is 11.6 Å². The average Bonchev–Trinajstić information content (AvgIpc) is 3.15. The van der Waals surface area contributed by atoms with Crippen molar-refractivity contribution in [2.24, 2.45) is 0 Å². The Bertz CT molecular complexity index is 423. The van der Waals surface area contributed by atoms with Crippen molar-refractivity contribution in [2.45, 2.75) is 56.9 Å². The fourth-order valence-corrected chi connectivity index (χ4v) is 3.68. The number of nitrogens with zero attached hydrogens (tertiary/aromatic N) is 3. The fraction of sp³-hybridized carbons (Fsp3) is 0.867. The van der Waals surface area contributed by atoms with Crippen LogP contribution < -0.4 is 0 Å². The van der Waals surface area contributed by atoms with Gasteiger partial charge in [-0.1, -0.05) is 19.3 Å². The second-order valence-corrected chi connectivity index (χ2v) is 6.91. The third kappa shape index (κ3) is 3.19. The summed E-state index contributed by atoms with van der Waals surface area (Å²) >= 11 is 1.87. The summed E-state index contributed by atoms with van der Waals surface area (Å²) in [4.78, 5) is 4.86. The highest BCUT2D eigenvalue weighted by Crippen LogP contribution is 2.32. The maximum Gasteiger partial charge on any atom is 0.151 e. The summed E-state index contributed by atoms with van der Waals surface area (Å²) in [5.41, 5.74) is 0. The van der Waals surface area contributed by atoms with E-state index in [0.717, 1.165) is 37.6 Å². The van der Waals surface area contributed by atoms with Gasteiger partial charge in [-0.25, -0.2) is 9.67 Å². The van der Waals surface area contributed by atoms with Crippen molar-refractivity contribution in [1.82, 2.24) is 14.8 Å². The second kappa shape index (κ2) is 6.94. The van der Waals surface area contributed by atoms with E-state index >= 15 is 0 Å². The first-order chi connectivity index (χ1) is 9.88. The number of ether oxygens (including phenoxy) is 1. The fourth-order valence-electron chi connectivity index (χ4n) is 3.29. The maximum absolute atomic E-state index is 5.56. The lowest BCUT2D eigenvalue weighted by molar-refractivity contribution is 0.191. The summed E-state index contributed by atoms with van der Waals surface area (Å²) in [6.45, 7) is 1.70. The van der Waals surface area contributed by atoms with Gasteiger partial charge in [-0.15, -0.1) is 0 Å². The number of aryl methyl sites for hydroxylation is 1. The lowest BCUT2D eigenvalue weighted by Gasteiger charge is -2.24. The predicted octanol–water partition coefficient (Wildman–Crippen LogP) is 3.19. The molecular weight excluding hydrogens is 270 g/mol. The third-order valence-corrected chi connectivity index (χ3v) is 5.06. The molecule has 2 heterocycles. The Balaban J connectivity index is 1.82. The molecule has 1 aromatic heterocycles. The lowest BCUT2D eigenvalue weighted by atomic mass is 9.95. The SMILES string of the molecule is CSCCc1nc([C@@H]2CCOC2)n(C2CCCCC2)n1. The Morgan fingerprint density at radius 2 is 2.10 bits per heavy atom. The highest BCUT2D eigenvalue weighted by Gasteiger charge is 2.28. The molecule has 0 bridgehead atoms. The van der Waals surface area contributed by atoms with E-state index in [1.807, 2.05) is 11.8 Å². The van der Waals surface area contributed by atoms with E-state index in [9.17, 15) is 0 Å². The van der Waals surface area contributed by atoms with Gasteiger partial charge in [-0.05, 0) is 25.5 Å². The Hall–Kier alpha value is -0.550. The first kappa shape index (κ1) is 14.4. The van der Waals surface area contributed by atoms with E-state index in [1.165, 1.54) is 37.9 Å². The molecule has 0 N–H and O–H groups in total. The molecule has 0 spiro atoms. The average molecular weight is 295 g/mol. The lowest BCUT2D eigenvalue weighted by Crippen LogP contribution is -2.19. The monoisotopic (exact) mass is 295 g/mol. The minimum Gasteiger partial charge on any atom is -0.381 e. The molecule has 20 heavy (non-hydrogen) atoms. The van der Waals surface area contributed by atoms with Crippen LogP contribution in [-0.2, 0) is 11.2 Å². The van der Waals surface area contributed by atoms with Crippen LogP contribution in [0.25, 0.3) is 0 Å². The molecule has 112 valence electrons. The number of hydrogen-bond acceptors (Lipinski definition) is 4. The van der Waals surface area contributed by atoms with Crippen LogP contribution in [0.1, 0.15) is 62.1 Å². The summed E-state index contributed by atoms with van der Waals surface area (Å²) in [7, 11) is 0. The highest BCUT2D eigenvalue weighted by atomic mass is 32.2. The van der Waals surface area contributed by atoms with Gasteiger partial charge in [0.2, 0.25) is 0 Å². The molecule has 3 rings (SSSR count). The Labute approximate surface area is 125 Å². The van der Waals surface area contributed by atoms with Crippen LogP contribution in [0.3, 0.4) is 0 Å². The molecule has 4 nitrogen and oxygen atoms in total. The number of hydrogen-bond donors (Lipinski definition) is 0. The van der Waals surface area contributed by atoms with Crippen molar-refractivity contribution in [2.75, 3.05) is 25.2 Å². The molecule has 1 aliphatic heterocycles. The quantitative estimate of drug-likeness (QED) is 0.836. The van der Waals surface area contributed by atoms with E-state index in [1.54, 1.807) is 0 Å². The Kier molecular flexibility index (Phi) is 4.99. The Morgan fingerprint density at radius 1 is 1.25 bits per heavy atom. The van der Waals surface area contributed by atoms with E-state index in [2.05, 4.69) is 10.9 Å². The summed E-state index contributed by atoms with van der Waals surface area (Å²) in [5, 5.41) is 4.85. The van der Waals surface area contributed by atoms with Crippen molar-refractivity contribution >= 4 is 11.8 Å². The molecule has 0 amide bonds. The molecule has 1 aromatic rings. The van der Waals surface area contributed by atoms with Gasteiger partial charge in [0.05, 0.1) is 12.6 Å². The van der Waals surface area contributed by atoms with Crippen LogP contribution in [0, 0.1) is 0 Å². The molecule has 1 saturated heterocycles. The zero-order valence-corrected chi connectivity index (χ0v) is 13.2. The second-order valence-electron chi connectivity index (χ2n) is 5.93. The van der Waals surface area contributed by atoms with Gasteiger partial charge in [-0.3, -0.25) is 0 Å². The van der Waals surface area contributed by atoms with E-state index in [0.29, 0.717) is 12.0 Å². The minimum atomic E-state index is 0.465. The van der Waals surface area contributed by atoms with Gasteiger partial charge in [0, 0.05) is 24.7 Å². The molecule has 1 saturated carbocycles. The molecule has 2 fully saturated rings. The minimum absolute atomic E-state index is 0.465. The van der Waals surface area contributed by atoms with Crippen LogP contribution in [0.15, 0.2) is 0 Å². The van der Waals surface area contributed by atoms with Crippen LogP contribution in [0.2, 0.25) is 0 Å². The van der Waals surface area contributed by atoms with Gasteiger partial charge in [0.15, 0.2) is 5.82 Å². The highest BCUT2D eigenvalue weighted by molar-refractivity contribution is 7.98. The summed E-state index contributed by atoms with van der Waals surface area (Å²) in [6.07, 6.45) is 10.8. The summed E-state index contributed by atoms with van der Waals surface area (Å²) < 4.78 is 7.83. The molecule has 2 aliphatic rings. The smallest absolute Gasteiger partial charge is 0.151 e. The molecular formula is C15H25N3OS. The molecule has 0 unspecified atom stereocenters. The van der Waals surface area contributed by atoms with E-state index < -0.39 is 0 Å². The van der Waals surface area contributed by atoms with Crippen LogP contribution in [0.4, 0.5) is 0 Å². The summed E-state index contributed by atoms with van der Waals surface area (Å²) in [6, 6.07) is 0.579. The van der Waals surface area contributed by atoms with Crippen molar-refractivity contribution < 1.29 is 4.74 Å².